The van der Waals surface area contributed by atoms with Gasteiger partial charge in [0.1, 0.15) is 0 Å². The fourth-order valence-corrected chi connectivity index (χ4v) is 4.74. The fraction of sp³-hybridized carbons (Fsp3) is 0.714. The molecule has 2 fully saturated rings. The highest BCUT2D eigenvalue weighted by atomic mass is 79.9. The van der Waals surface area contributed by atoms with Crippen molar-refractivity contribution in [3.63, 3.8) is 0 Å². The SMILES string of the molecule is O=C(Nc1ncc(Br)s1)C1CCC2CCCCC2C1. The van der Waals surface area contributed by atoms with E-state index >= 15 is 0 Å². The standard InChI is InChI=1S/C14H19BrN2OS/c15-12-8-16-14(19-12)17-13(18)11-6-5-9-3-1-2-4-10(9)7-11/h8-11H,1-7H2,(H,16,17,18). The molecule has 1 aromatic rings. The van der Waals surface area contributed by atoms with Gasteiger partial charge in [-0.1, -0.05) is 37.0 Å². The normalized spacial score (nSPS) is 30.7. The first-order valence-corrected chi connectivity index (χ1v) is 8.75. The van der Waals surface area contributed by atoms with E-state index in [2.05, 4.69) is 26.2 Å². The molecule has 3 rings (SSSR count). The Hall–Kier alpha value is -0.420. The van der Waals surface area contributed by atoms with Gasteiger partial charge in [0.05, 0.1) is 9.98 Å². The molecule has 1 heterocycles. The predicted octanol–water partition coefficient (Wildman–Crippen LogP) is 4.45. The van der Waals surface area contributed by atoms with Gasteiger partial charge in [0.2, 0.25) is 5.91 Å². The molecule has 2 saturated carbocycles. The lowest BCUT2D eigenvalue weighted by Gasteiger charge is -2.38. The van der Waals surface area contributed by atoms with Gasteiger partial charge >= 0.3 is 0 Å². The van der Waals surface area contributed by atoms with Crippen LogP contribution in [0.25, 0.3) is 0 Å². The minimum Gasteiger partial charge on any atom is -0.302 e. The molecule has 0 aromatic carbocycles. The Labute approximate surface area is 126 Å². The molecule has 19 heavy (non-hydrogen) atoms. The largest absolute Gasteiger partial charge is 0.302 e. The van der Waals surface area contributed by atoms with Crippen molar-refractivity contribution in [1.82, 2.24) is 4.98 Å². The second-order valence-electron chi connectivity index (χ2n) is 5.77. The summed E-state index contributed by atoms with van der Waals surface area (Å²) in [7, 11) is 0. The second kappa shape index (κ2) is 5.92. The van der Waals surface area contributed by atoms with Crippen LogP contribution in [0.4, 0.5) is 5.13 Å². The van der Waals surface area contributed by atoms with Crippen LogP contribution >= 0.6 is 27.3 Å². The lowest BCUT2D eigenvalue weighted by molar-refractivity contribution is -0.122. The average Bonchev–Trinajstić information content (AvgIpc) is 2.83. The summed E-state index contributed by atoms with van der Waals surface area (Å²) >= 11 is 4.84. The maximum atomic E-state index is 12.3. The number of carbonyl (C=O) groups is 1. The van der Waals surface area contributed by atoms with Crippen LogP contribution in [0, 0.1) is 17.8 Å². The number of thiazole rings is 1. The number of nitrogens with zero attached hydrogens (tertiary/aromatic N) is 1. The Bertz CT molecular complexity index is 462. The van der Waals surface area contributed by atoms with Gasteiger partial charge in [-0.15, -0.1) is 0 Å². The zero-order valence-corrected chi connectivity index (χ0v) is 13.3. The van der Waals surface area contributed by atoms with E-state index in [9.17, 15) is 4.79 Å². The quantitative estimate of drug-likeness (QED) is 0.862. The molecule has 0 saturated heterocycles. The van der Waals surface area contributed by atoms with Crippen molar-refractivity contribution in [3.05, 3.63) is 9.98 Å². The predicted molar refractivity (Wildman–Crippen MR) is 81.2 cm³/mol. The first kappa shape index (κ1) is 13.6. The van der Waals surface area contributed by atoms with Crippen molar-refractivity contribution >= 4 is 38.3 Å². The minimum absolute atomic E-state index is 0.172. The minimum atomic E-state index is 0.172. The van der Waals surface area contributed by atoms with E-state index in [0.29, 0.717) is 5.13 Å². The van der Waals surface area contributed by atoms with Crippen LogP contribution < -0.4 is 5.32 Å². The Morgan fingerprint density at radius 1 is 1.26 bits per heavy atom. The molecular weight excluding hydrogens is 324 g/mol. The summed E-state index contributed by atoms with van der Waals surface area (Å²) in [5, 5.41) is 3.68. The number of amides is 1. The van der Waals surface area contributed by atoms with E-state index in [4.69, 9.17) is 0 Å². The number of anilines is 1. The van der Waals surface area contributed by atoms with Crippen LogP contribution in [0.5, 0.6) is 0 Å². The highest BCUT2D eigenvalue weighted by Gasteiger charge is 2.35. The van der Waals surface area contributed by atoms with Gasteiger partial charge in [0.25, 0.3) is 0 Å². The molecule has 3 atom stereocenters. The molecule has 3 nitrogen and oxygen atoms in total. The molecule has 1 amide bonds. The molecule has 0 radical (unpaired) electrons. The lowest BCUT2D eigenvalue weighted by atomic mass is 9.67. The zero-order chi connectivity index (χ0) is 13.2. The molecule has 0 bridgehead atoms. The fourth-order valence-electron chi connectivity index (χ4n) is 3.63. The Morgan fingerprint density at radius 2 is 2.05 bits per heavy atom. The number of hydrogen-bond donors (Lipinski definition) is 1. The van der Waals surface area contributed by atoms with Crippen molar-refractivity contribution < 1.29 is 4.79 Å². The molecule has 3 unspecified atom stereocenters. The maximum absolute atomic E-state index is 12.3. The van der Waals surface area contributed by atoms with Gasteiger partial charge in [0.15, 0.2) is 5.13 Å². The lowest BCUT2D eigenvalue weighted by Crippen LogP contribution is -2.33. The summed E-state index contributed by atoms with van der Waals surface area (Å²) < 4.78 is 0.957. The molecule has 2 aliphatic carbocycles. The van der Waals surface area contributed by atoms with E-state index in [1.807, 2.05) is 0 Å². The summed E-state index contributed by atoms with van der Waals surface area (Å²) in [4.78, 5) is 16.5. The smallest absolute Gasteiger partial charge is 0.229 e. The van der Waals surface area contributed by atoms with Crippen molar-refractivity contribution in [2.75, 3.05) is 5.32 Å². The highest BCUT2D eigenvalue weighted by molar-refractivity contribution is 9.11. The van der Waals surface area contributed by atoms with E-state index in [0.717, 1.165) is 28.5 Å². The molecule has 0 aliphatic heterocycles. The molecule has 1 N–H and O–H groups in total. The average molecular weight is 343 g/mol. The zero-order valence-electron chi connectivity index (χ0n) is 10.9. The third-order valence-electron chi connectivity index (χ3n) is 4.62. The van der Waals surface area contributed by atoms with Crippen molar-refractivity contribution in [2.45, 2.75) is 44.9 Å². The number of fused-ring (bicyclic) bond motifs is 1. The molecule has 0 spiro atoms. The number of halogens is 1. The van der Waals surface area contributed by atoms with Crippen LogP contribution in [0.1, 0.15) is 44.9 Å². The van der Waals surface area contributed by atoms with Gasteiger partial charge in [-0.05, 0) is 47.0 Å². The van der Waals surface area contributed by atoms with Crippen molar-refractivity contribution in [3.8, 4) is 0 Å². The Morgan fingerprint density at radius 3 is 2.79 bits per heavy atom. The number of rotatable bonds is 2. The van der Waals surface area contributed by atoms with Crippen LogP contribution in [0.3, 0.4) is 0 Å². The number of carbonyl (C=O) groups excluding carboxylic acids is 1. The monoisotopic (exact) mass is 342 g/mol. The van der Waals surface area contributed by atoms with Gasteiger partial charge in [-0.25, -0.2) is 4.98 Å². The van der Waals surface area contributed by atoms with Crippen molar-refractivity contribution in [2.24, 2.45) is 17.8 Å². The van der Waals surface area contributed by atoms with Gasteiger partial charge in [-0.3, -0.25) is 4.79 Å². The van der Waals surface area contributed by atoms with Crippen LogP contribution in [-0.2, 0) is 4.79 Å². The van der Waals surface area contributed by atoms with Gasteiger partial charge in [0, 0.05) is 5.92 Å². The highest BCUT2D eigenvalue weighted by Crippen LogP contribution is 2.43. The van der Waals surface area contributed by atoms with E-state index in [1.54, 1.807) is 6.20 Å². The first-order chi connectivity index (χ1) is 9.22. The topological polar surface area (TPSA) is 42.0 Å². The van der Waals surface area contributed by atoms with Crippen molar-refractivity contribution in [1.29, 1.82) is 0 Å². The summed E-state index contributed by atoms with van der Waals surface area (Å²) in [6.07, 6.45) is 10.6. The summed E-state index contributed by atoms with van der Waals surface area (Å²) in [5.41, 5.74) is 0. The number of hydrogen-bond acceptors (Lipinski definition) is 3. The van der Waals surface area contributed by atoms with Crippen LogP contribution in [0.2, 0.25) is 0 Å². The Balaban J connectivity index is 1.58. The summed E-state index contributed by atoms with van der Waals surface area (Å²) in [6, 6.07) is 0. The van der Waals surface area contributed by atoms with Crippen LogP contribution in [-0.4, -0.2) is 10.9 Å². The molecule has 2 aliphatic rings. The van der Waals surface area contributed by atoms with Gasteiger partial charge in [-0.2, -0.15) is 0 Å². The third kappa shape index (κ3) is 3.19. The summed E-state index contributed by atoms with van der Waals surface area (Å²) in [6.45, 7) is 0. The molecule has 5 heteroatoms. The molecule has 104 valence electrons. The number of nitrogens with one attached hydrogen (secondary N) is 1. The second-order valence-corrected chi connectivity index (χ2v) is 8.18. The third-order valence-corrected chi connectivity index (χ3v) is 6.01. The van der Waals surface area contributed by atoms with Crippen LogP contribution in [0.15, 0.2) is 9.98 Å². The summed E-state index contributed by atoms with van der Waals surface area (Å²) in [5.74, 6) is 2.06. The van der Waals surface area contributed by atoms with Gasteiger partial charge < -0.3 is 5.32 Å². The Kier molecular flexibility index (Phi) is 4.22. The van der Waals surface area contributed by atoms with E-state index < -0.39 is 0 Å². The van der Waals surface area contributed by atoms with E-state index in [-0.39, 0.29) is 11.8 Å². The molecule has 1 aromatic heterocycles. The number of aromatic nitrogens is 1. The van der Waals surface area contributed by atoms with E-state index in [1.165, 1.54) is 43.4 Å². The molecular formula is C14H19BrN2OS. The maximum Gasteiger partial charge on any atom is 0.229 e. The first-order valence-electron chi connectivity index (χ1n) is 7.14.